The molecule has 1 atom stereocenters. The maximum absolute atomic E-state index is 13.1. The van der Waals surface area contributed by atoms with Crippen LogP contribution >= 0.6 is 23.4 Å². The molecule has 3 aromatic rings. The standard InChI is InChI=1S/C28H31ClN4O4S2/c1-2-20-3-5-22(6-4-20)18-31-28(35)32-19-23-9-7-21(8-10-23)17-30-26(34)27-33(15-16-38-27)39(36,37)25-13-11-24(29)12-14-25/h3-14,27H,2,15-19H2,1H3,(H,30,34)(H2,31,32,35). The highest BCUT2D eigenvalue weighted by Gasteiger charge is 2.40. The number of nitrogens with one attached hydrogen (secondary N) is 3. The largest absolute Gasteiger partial charge is 0.350 e. The zero-order valence-corrected chi connectivity index (χ0v) is 23.9. The number of sulfonamides is 1. The monoisotopic (exact) mass is 586 g/mol. The lowest BCUT2D eigenvalue weighted by molar-refractivity contribution is -0.122. The van der Waals surface area contributed by atoms with Crippen molar-refractivity contribution >= 4 is 45.3 Å². The van der Waals surface area contributed by atoms with E-state index < -0.39 is 15.4 Å². The number of aryl methyl sites for hydroxylation is 1. The average Bonchev–Trinajstić information content (AvgIpc) is 3.46. The second-order valence-electron chi connectivity index (χ2n) is 9.03. The van der Waals surface area contributed by atoms with Gasteiger partial charge in [0.15, 0.2) is 0 Å². The minimum Gasteiger partial charge on any atom is -0.350 e. The molecule has 1 aliphatic rings. The summed E-state index contributed by atoms with van der Waals surface area (Å²) in [5.74, 6) is 0.174. The van der Waals surface area contributed by atoms with Crippen molar-refractivity contribution in [3.63, 3.8) is 0 Å². The van der Waals surface area contributed by atoms with Crippen LogP contribution < -0.4 is 16.0 Å². The quantitative estimate of drug-likeness (QED) is 0.329. The number of rotatable bonds is 10. The summed E-state index contributed by atoms with van der Waals surface area (Å²) in [6.45, 7) is 3.44. The van der Waals surface area contributed by atoms with Crippen molar-refractivity contribution in [2.24, 2.45) is 0 Å². The third-order valence-corrected chi connectivity index (χ3v) is 9.79. The second-order valence-corrected chi connectivity index (χ2v) is 12.5. The van der Waals surface area contributed by atoms with Crippen molar-refractivity contribution < 1.29 is 18.0 Å². The third kappa shape index (κ3) is 7.76. The highest BCUT2D eigenvalue weighted by atomic mass is 35.5. The number of amides is 3. The lowest BCUT2D eigenvalue weighted by atomic mass is 10.1. The van der Waals surface area contributed by atoms with Crippen LogP contribution in [0.1, 0.15) is 29.2 Å². The van der Waals surface area contributed by atoms with Crippen LogP contribution in [-0.2, 0) is 40.9 Å². The lowest BCUT2D eigenvalue weighted by Crippen LogP contribution is -2.44. The normalized spacial score (nSPS) is 15.6. The number of thioether (sulfide) groups is 1. The molecule has 0 radical (unpaired) electrons. The van der Waals surface area contributed by atoms with Gasteiger partial charge in [-0.2, -0.15) is 4.31 Å². The molecule has 1 fully saturated rings. The van der Waals surface area contributed by atoms with E-state index in [1.165, 1.54) is 45.9 Å². The minimum atomic E-state index is -3.82. The molecule has 3 N–H and O–H groups in total. The SMILES string of the molecule is CCc1ccc(CNC(=O)NCc2ccc(CNC(=O)C3SCCN3S(=O)(=O)c3ccc(Cl)cc3)cc2)cc1. The average molecular weight is 587 g/mol. The molecule has 1 saturated heterocycles. The number of urea groups is 1. The molecule has 11 heteroatoms. The fourth-order valence-electron chi connectivity index (χ4n) is 4.02. The smallest absolute Gasteiger partial charge is 0.315 e. The second kappa shape index (κ2) is 13.3. The predicted octanol–water partition coefficient (Wildman–Crippen LogP) is 4.28. The summed E-state index contributed by atoms with van der Waals surface area (Å²) in [5, 5.41) is 8.15. The van der Waals surface area contributed by atoms with Gasteiger partial charge in [0.1, 0.15) is 5.37 Å². The maximum atomic E-state index is 13.1. The first-order valence-corrected chi connectivity index (χ1v) is 15.5. The molecule has 0 bridgehead atoms. The summed E-state index contributed by atoms with van der Waals surface area (Å²) in [6, 6.07) is 21.3. The summed E-state index contributed by atoms with van der Waals surface area (Å²) in [4.78, 5) is 25.2. The van der Waals surface area contributed by atoms with Crippen molar-refractivity contribution in [1.29, 1.82) is 0 Å². The maximum Gasteiger partial charge on any atom is 0.315 e. The van der Waals surface area contributed by atoms with Gasteiger partial charge in [0.05, 0.1) is 4.90 Å². The van der Waals surface area contributed by atoms with Crippen LogP contribution in [0.4, 0.5) is 4.79 Å². The van der Waals surface area contributed by atoms with E-state index in [0.29, 0.717) is 23.9 Å². The van der Waals surface area contributed by atoms with E-state index in [9.17, 15) is 18.0 Å². The molecule has 3 aromatic carbocycles. The Morgan fingerprint density at radius 3 is 1.82 bits per heavy atom. The molecule has 1 unspecified atom stereocenters. The number of nitrogens with zero attached hydrogens (tertiary/aromatic N) is 1. The topological polar surface area (TPSA) is 108 Å². The van der Waals surface area contributed by atoms with Gasteiger partial charge in [-0.15, -0.1) is 11.8 Å². The molecule has 3 amide bonds. The van der Waals surface area contributed by atoms with Gasteiger partial charge in [0, 0.05) is 37.0 Å². The Labute approximate surface area is 238 Å². The van der Waals surface area contributed by atoms with Crippen molar-refractivity contribution in [2.75, 3.05) is 12.3 Å². The zero-order chi connectivity index (χ0) is 27.8. The predicted molar refractivity (Wildman–Crippen MR) is 155 cm³/mol. The molecule has 0 aliphatic carbocycles. The van der Waals surface area contributed by atoms with Crippen LogP contribution in [0.25, 0.3) is 0 Å². The van der Waals surface area contributed by atoms with Gasteiger partial charge in [-0.3, -0.25) is 4.79 Å². The van der Waals surface area contributed by atoms with Crippen LogP contribution in [0.3, 0.4) is 0 Å². The summed E-state index contributed by atoms with van der Waals surface area (Å²) in [5.41, 5.74) is 4.07. The highest BCUT2D eigenvalue weighted by Crippen LogP contribution is 2.30. The Balaban J connectivity index is 1.23. The number of carbonyl (C=O) groups excluding carboxylic acids is 2. The summed E-state index contributed by atoms with van der Waals surface area (Å²) in [7, 11) is -3.82. The molecule has 0 saturated carbocycles. The summed E-state index contributed by atoms with van der Waals surface area (Å²) in [6.07, 6.45) is 0.979. The molecule has 0 aromatic heterocycles. The van der Waals surface area contributed by atoms with Crippen LogP contribution in [0.2, 0.25) is 5.02 Å². The van der Waals surface area contributed by atoms with E-state index in [2.05, 4.69) is 35.0 Å². The first-order valence-electron chi connectivity index (χ1n) is 12.6. The zero-order valence-electron chi connectivity index (χ0n) is 21.5. The summed E-state index contributed by atoms with van der Waals surface area (Å²) < 4.78 is 27.4. The Hall–Kier alpha value is -3.05. The molecular formula is C28H31ClN4O4S2. The van der Waals surface area contributed by atoms with Crippen molar-refractivity contribution in [3.8, 4) is 0 Å². The van der Waals surface area contributed by atoms with E-state index in [1.807, 2.05) is 36.4 Å². The van der Waals surface area contributed by atoms with E-state index in [4.69, 9.17) is 11.6 Å². The fourth-order valence-corrected chi connectivity index (χ4v) is 7.25. The number of carbonyl (C=O) groups is 2. The van der Waals surface area contributed by atoms with E-state index in [-0.39, 0.29) is 29.9 Å². The van der Waals surface area contributed by atoms with Crippen LogP contribution in [0, 0.1) is 0 Å². The number of halogens is 1. The molecule has 39 heavy (non-hydrogen) atoms. The lowest BCUT2D eigenvalue weighted by Gasteiger charge is -2.22. The van der Waals surface area contributed by atoms with Gasteiger partial charge in [0.25, 0.3) is 0 Å². The van der Waals surface area contributed by atoms with Crippen molar-refractivity contribution in [3.05, 3.63) is 100 Å². The first-order chi connectivity index (χ1) is 18.8. The number of hydrogen-bond donors (Lipinski definition) is 3. The Morgan fingerprint density at radius 1 is 0.821 bits per heavy atom. The highest BCUT2D eigenvalue weighted by molar-refractivity contribution is 8.02. The Kier molecular flexibility index (Phi) is 9.90. The van der Waals surface area contributed by atoms with Gasteiger partial charge in [0.2, 0.25) is 15.9 Å². The van der Waals surface area contributed by atoms with E-state index >= 15 is 0 Å². The van der Waals surface area contributed by atoms with Gasteiger partial charge in [-0.05, 0) is 52.9 Å². The first kappa shape index (κ1) is 28.9. The van der Waals surface area contributed by atoms with Gasteiger partial charge in [-0.25, -0.2) is 13.2 Å². The number of hydrogen-bond acceptors (Lipinski definition) is 5. The van der Waals surface area contributed by atoms with Crippen LogP contribution in [-0.4, -0.2) is 42.3 Å². The van der Waals surface area contributed by atoms with Crippen molar-refractivity contribution in [2.45, 2.75) is 43.2 Å². The van der Waals surface area contributed by atoms with Gasteiger partial charge in [-0.1, -0.05) is 67.1 Å². The molecule has 1 heterocycles. The molecule has 8 nitrogen and oxygen atoms in total. The van der Waals surface area contributed by atoms with Crippen LogP contribution in [0.5, 0.6) is 0 Å². The molecule has 4 rings (SSSR count). The fraction of sp³-hybridized carbons (Fsp3) is 0.286. The molecule has 1 aliphatic heterocycles. The van der Waals surface area contributed by atoms with Gasteiger partial charge >= 0.3 is 6.03 Å². The Morgan fingerprint density at radius 2 is 1.31 bits per heavy atom. The number of benzene rings is 3. The summed E-state index contributed by atoms with van der Waals surface area (Å²) >= 11 is 7.18. The van der Waals surface area contributed by atoms with Crippen molar-refractivity contribution in [1.82, 2.24) is 20.3 Å². The molecular weight excluding hydrogens is 556 g/mol. The van der Waals surface area contributed by atoms with E-state index in [1.54, 1.807) is 0 Å². The van der Waals surface area contributed by atoms with Gasteiger partial charge < -0.3 is 16.0 Å². The molecule has 206 valence electrons. The Bertz CT molecular complexity index is 1380. The molecule has 0 spiro atoms. The third-order valence-electron chi connectivity index (χ3n) is 6.32. The minimum absolute atomic E-state index is 0.107. The van der Waals surface area contributed by atoms with E-state index in [0.717, 1.165) is 23.1 Å². The van der Waals surface area contributed by atoms with Crippen LogP contribution in [0.15, 0.2) is 77.7 Å².